The molecule has 5 rings (SSSR count). The van der Waals surface area contributed by atoms with Crippen LogP contribution in [-0.4, -0.2) is 36.7 Å². The van der Waals surface area contributed by atoms with Gasteiger partial charge in [-0.2, -0.15) is 0 Å². The topological polar surface area (TPSA) is 64.6 Å². The van der Waals surface area contributed by atoms with Crippen molar-refractivity contribution in [3.05, 3.63) is 95.7 Å². The fourth-order valence-electron chi connectivity index (χ4n) is 4.28. The van der Waals surface area contributed by atoms with E-state index in [1.165, 1.54) is 10.9 Å². The standard InChI is InChI=1S/C26H25N5/c1-27-21-12-6-4-10-19(21)25-20-11-5-8-14-23(20)31-26(28-2)24(30-25)15-17-16-29-22-13-7-3-9-18(17)22/h3-14,16,24,27,29H,15H2,1-2H3,(H,28,31)/t24-/m1/s1. The molecule has 1 aromatic heterocycles. The number of anilines is 2. The Balaban J connectivity index is 1.67. The van der Waals surface area contributed by atoms with Gasteiger partial charge < -0.3 is 15.6 Å². The van der Waals surface area contributed by atoms with E-state index in [2.05, 4.69) is 87.5 Å². The van der Waals surface area contributed by atoms with Crippen molar-refractivity contribution in [3.8, 4) is 0 Å². The number of aliphatic imine (C=N–C) groups is 2. The average Bonchev–Trinajstić information content (AvgIpc) is 3.15. The van der Waals surface area contributed by atoms with Gasteiger partial charge >= 0.3 is 0 Å². The molecule has 154 valence electrons. The number of para-hydroxylation sites is 3. The minimum atomic E-state index is -0.128. The van der Waals surface area contributed by atoms with Gasteiger partial charge in [-0.3, -0.25) is 9.98 Å². The predicted octanol–water partition coefficient (Wildman–Crippen LogP) is 5.11. The lowest BCUT2D eigenvalue weighted by molar-refractivity contribution is 0.853. The van der Waals surface area contributed by atoms with Gasteiger partial charge in [0.15, 0.2) is 0 Å². The molecule has 2 heterocycles. The van der Waals surface area contributed by atoms with Crippen LogP contribution in [0.1, 0.15) is 16.7 Å². The Morgan fingerprint density at radius 3 is 2.52 bits per heavy atom. The fourth-order valence-corrected chi connectivity index (χ4v) is 4.28. The largest absolute Gasteiger partial charge is 0.388 e. The van der Waals surface area contributed by atoms with Gasteiger partial charge in [0.25, 0.3) is 0 Å². The van der Waals surface area contributed by atoms with E-state index in [4.69, 9.17) is 4.99 Å². The van der Waals surface area contributed by atoms with Crippen molar-refractivity contribution in [3.63, 3.8) is 0 Å². The molecular weight excluding hydrogens is 382 g/mol. The van der Waals surface area contributed by atoms with E-state index in [1.807, 2.05) is 26.2 Å². The van der Waals surface area contributed by atoms with Crippen LogP contribution in [0.2, 0.25) is 0 Å². The molecule has 1 aliphatic rings. The molecule has 0 aliphatic carbocycles. The highest BCUT2D eigenvalue weighted by molar-refractivity contribution is 6.22. The Hall–Kier alpha value is -3.86. The zero-order chi connectivity index (χ0) is 21.2. The quantitative estimate of drug-likeness (QED) is 0.440. The normalized spacial score (nSPS) is 17.0. The molecule has 3 aromatic carbocycles. The van der Waals surface area contributed by atoms with Gasteiger partial charge in [0, 0.05) is 60.1 Å². The fraction of sp³-hybridized carbons (Fsp3) is 0.154. The lowest BCUT2D eigenvalue weighted by Gasteiger charge is -2.15. The first-order valence-corrected chi connectivity index (χ1v) is 10.5. The first kappa shape index (κ1) is 19.1. The Kier molecular flexibility index (Phi) is 5.00. The van der Waals surface area contributed by atoms with Crippen molar-refractivity contribution >= 4 is 33.8 Å². The molecule has 0 spiro atoms. The summed E-state index contributed by atoms with van der Waals surface area (Å²) in [5.74, 6) is 0.870. The number of amidine groups is 1. The van der Waals surface area contributed by atoms with Gasteiger partial charge in [0.2, 0.25) is 0 Å². The molecular formula is C26H25N5. The van der Waals surface area contributed by atoms with Crippen LogP contribution in [0.25, 0.3) is 10.9 Å². The highest BCUT2D eigenvalue weighted by Crippen LogP contribution is 2.29. The Morgan fingerprint density at radius 1 is 0.935 bits per heavy atom. The third kappa shape index (κ3) is 3.48. The number of aromatic amines is 1. The van der Waals surface area contributed by atoms with E-state index in [1.54, 1.807) is 0 Å². The first-order chi connectivity index (χ1) is 15.3. The second-order valence-corrected chi connectivity index (χ2v) is 7.63. The molecule has 1 atom stereocenters. The smallest absolute Gasteiger partial charge is 0.126 e. The summed E-state index contributed by atoms with van der Waals surface area (Å²) >= 11 is 0. The van der Waals surface area contributed by atoms with E-state index in [0.29, 0.717) is 0 Å². The van der Waals surface area contributed by atoms with Gasteiger partial charge in [-0.25, -0.2) is 0 Å². The maximum Gasteiger partial charge on any atom is 0.126 e. The molecule has 0 fully saturated rings. The van der Waals surface area contributed by atoms with Crippen molar-refractivity contribution in [1.82, 2.24) is 4.98 Å². The molecule has 5 nitrogen and oxygen atoms in total. The van der Waals surface area contributed by atoms with Crippen molar-refractivity contribution in [2.45, 2.75) is 12.5 Å². The minimum Gasteiger partial charge on any atom is -0.388 e. The average molecular weight is 408 g/mol. The van der Waals surface area contributed by atoms with Crippen LogP contribution in [0.15, 0.2) is 89.0 Å². The summed E-state index contributed by atoms with van der Waals surface area (Å²) in [6.45, 7) is 0. The molecule has 0 bridgehead atoms. The number of aromatic nitrogens is 1. The van der Waals surface area contributed by atoms with E-state index in [9.17, 15) is 0 Å². The van der Waals surface area contributed by atoms with Gasteiger partial charge in [-0.15, -0.1) is 0 Å². The van der Waals surface area contributed by atoms with Gasteiger partial charge in [-0.1, -0.05) is 54.6 Å². The zero-order valence-corrected chi connectivity index (χ0v) is 17.7. The summed E-state index contributed by atoms with van der Waals surface area (Å²) in [6.07, 6.45) is 2.84. The number of benzodiazepines with no additional fused rings is 1. The third-order valence-corrected chi connectivity index (χ3v) is 5.83. The summed E-state index contributed by atoms with van der Waals surface area (Å²) in [4.78, 5) is 13.3. The van der Waals surface area contributed by atoms with Crippen molar-refractivity contribution in [2.24, 2.45) is 9.98 Å². The van der Waals surface area contributed by atoms with Crippen LogP contribution in [-0.2, 0) is 6.42 Å². The molecule has 5 heteroatoms. The zero-order valence-electron chi connectivity index (χ0n) is 17.7. The van der Waals surface area contributed by atoms with Gasteiger partial charge in [0.1, 0.15) is 11.9 Å². The number of nitrogens with zero attached hydrogens (tertiary/aromatic N) is 2. The van der Waals surface area contributed by atoms with Gasteiger partial charge in [-0.05, 0) is 23.8 Å². The molecule has 0 amide bonds. The number of benzene rings is 3. The van der Waals surface area contributed by atoms with Crippen LogP contribution in [0, 0.1) is 0 Å². The van der Waals surface area contributed by atoms with E-state index in [0.717, 1.165) is 46.0 Å². The Labute approximate surface area is 182 Å². The maximum atomic E-state index is 5.30. The summed E-state index contributed by atoms with van der Waals surface area (Å²) < 4.78 is 0. The number of hydrogen-bond acceptors (Lipinski definition) is 3. The van der Waals surface area contributed by atoms with Crippen LogP contribution in [0.5, 0.6) is 0 Å². The molecule has 0 unspecified atom stereocenters. The highest BCUT2D eigenvalue weighted by Gasteiger charge is 2.26. The molecule has 4 aromatic rings. The number of H-pyrrole nitrogens is 1. The summed E-state index contributed by atoms with van der Waals surface area (Å²) in [6, 6.07) is 24.9. The Bertz CT molecular complexity index is 1300. The number of rotatable bonds is 4. The van der Waals surface area contributed by atoms with E-state index >= 15 is 0 Å². The molecule has 0 saturated carbocycles. The molecule has 0 radical (unpaired) electrons. The van der Waals surface area contributed by atoms with Gasteiger partial charge in [0.05, 0.1) is 5.71 Å². The third-order valence-electron chi connectivity index (χ3n) is 5.83. The van der Waals surface area contributed by atoms with Crippen molar-refractivity contribution in [1.29, 1.82) is 0 Å². The molecule has 31 heavy (non-hydrogen) atoms. The van der Waals surface area contributed by atoms with Crippen LogP contribution >= 0.6 is 0 Å². The first-order valence-electron chi connectivity index (χ1n) is 10.5. The number of fused-ring (bicyclic) bond motifs is 2. The summed E-state index contributed by atoms with van der Waals surface area (Å²) in [7, 11) is 3.78. The van der Waals surface area contributed by atoms with Crippen molar-refractivity contribution in [2.75, 3.05) is 24.7 Å². The monoisotopic (exact) mass is 407 g/mol. The molecule has 0 saturated heterocycles. The number of nitrogens with one attached hydrogen (secondary N) is 3. The number of hydrogen-bond donors (Lipinski definition) is 3. The predicted molar refractivity (Wildman–Crippen MR) is 131 cm³/mol. The minimum absolute atomic E-state index is 0.128. The second-order valence-electron chi connectivity index (χ2n) is 7.63. The Morgan fingerprint density at radius 2 is 1.68 bits per heavy atom. The lowest BCUT2D eigenvalue weighted by Crippen LogP contribution is -2.28. The summed E-state index contributed by atoms with van der Waals surface area (Å²) in [5, 5.41) is 8.11. The molecule has 3 N–H and O–H groups in total. The SMILES string of the molecule is CN=C1Nc2ccccc2C(c2ccccc2NC)=N[C@@H]1Cc1c[nH]c2ccccc12. The van der Waals surface area contributed by atoms with E-state index in [-0.39, 0.29) is 6.04 Å². The second kappa shape index (κ2) is 8.11. The van der Waals surface area contributed by atoms with E-state index < -0.39 is 0 Å². The molecule has 1 aliphatic heterocycles. The maximum absolute atomic E-state index is 5.30. The van der Waals surface area contributed by atoms with Crippen LogP contribution in [0.3, 0.4) is 0 Å². The lowest BCUT2D eigenvalue weighted by atomic mass is 9.98. The van der Waals surface area contributed by atoms with Crippen LogP contribution < -0.4 is 10.6 Å². The highest BCUT2D eigenvalue weighted by atomic mass is 15.1. The summed E-state index contributed by atoms with van der Waals surface area (Å²) in [5.41, 5.74) is 7.58. The van der Waals surface area contributed by atoms with Crippen LogP contribution in [0.4, 0.5) is 11.4 Å². The van der Waals surface area contributed by atoms with Crippen molar-refractivity contribution < 1.29 is 0 Å².